The number of alkyl halides is 3. The van der Waals surface area contributed by atoms with Crippen molar-refractivity contribution in [2.75, 3.05) is 18.6 Å². The summed E-state index contributed by atoms with van der Waals surface area (Å²) >= 11 is 0. The molecule has 7 heteroatoms. The van der Waals surface area contributed by atoms with Crippen molar-refractivity contribution in [2.45, 2.75) is 12.4 Å². The van der Waals surface area contributed by atoms with E-state index in [-0.39, 0.29) is 17.9 Å². The number of ether oxygens (including phenoxy) is 2. The van der Waals surface area contributed by atoms with Gasteiger partial charge in [-0.1, -0.05) is 24.3 Å². The standard InChI is InChI=1S/C17H14F3NO3/c1-23-10-15-21(13-8-4-2-6-11(13)16(22)24-15)14-9-5-3-7-12(14)17(18,19)20/h2-9,15H,10H2,1H3. The highest BCUT2D eigenvalue weighted by Gasteiger charge is 2.40. The van der Waals surface area contributed by atoms with E-state index < -0.39 is 23.9 Å². The van der Waals surface area contributed by atoms with Gasteiger partial charge in [-0.15, -0.1) is 0 Å². The summed E-state index contributed by atoms with van der Waals surface area (Å²) in [6.45, 7) is -0.0632. The van der Waals surface area contributed by atoms with Crippen molar-refractivity contribution >= 4 is 17.3 Å². The van der Waals surface area contributed by atoms with Crippen LogP contribution in [-0.2, 0) is 15.7 Å². The van der Waals surface area contributed by atoms with Gasteiger partial charge in [0, 0.05) is 7.11 Å². The van der Waals surface area contributed by atoms with Crippen molar-refractivity contribution in [3.8, 4) is 0 Å². The van der Waals surface area contributed by atoms with Gasteiger partial charge in [-0.3, -0.25) is 0 Å². The number of fused-ring (bicyclic) bond motifs is 1. The predicted octanol–water partition coefficient (Wildman–Crippen LogP) is 3.99. The minimum absolute atomic E-state index is 0.0632. The number of para-hydroxylation sites is 2. The molecule has 4 nitrogen and oxygen atoms in total. The van der Waals surface area contributed by atoms with Gasteiger partial charge in [-0.25, -0.2) is 4.79 Å². The highest BCUT2D eigenvalue weighted by molar-refractivity contribution is 5.99. The maximum Gasteiger partial charge on any atom is 0.418 e. The van der Waals surface area contributed by atoms with Crippen molar-refractivity contribution < 1.29 is 27.4 Å². The Balaban J connectivity index is 2.20. The van der Waals surface area contributed by atoms with E-state index in [4.69, 9.17) is 9.47 Å². The van der Waals surface area contributed by atoms with E-state index in [1.165, 1.54) is 36.3 Å². The van der Waals surface area contributed by atoms with Crippen LogP contribution in [0.4, 0.5) is 24.5 Å². The lowest BCUT2D eigenvalue weighted by Gasteiger charge is -2.38. The molecule has 1 heterocycles. The van der Waals surface area contributed by atoms with Crippen LogP contribution in [0.2, 0.25) is 0 Å². The largest absolute Gasteiger partial charge is 0.435 e. The van der Waals surface area contributed by atoms with E-state index in [1.54, 1.807) is 18.2 Å². The first-order valence-corrected chi connectivity index (χ1v) is 7.18. The van der Waals surface area contributed by atoms with E-state index in [9.17, 15) is 18.0 Å². The number of methoxy groups -OCH3 is 1. The molecule has 0 aliphatic carbocycles. The minimum Gasteiger partial charge on any atom is -0.435 e. The fraction of sp³-hybridized carbons (Fsp3) is 0.235. The van der Waals surface area contributed by atoms with Gasteiger partial charge in [0.25, 0.3) is 0 Å². The van der Waals surface area contributed by atoms with Gasteiger partial charge in [-0.05, 0) is 24.3 Å². The van der Waals surface area contributed by atoms with Crippen LogP contribution < -0.4 is 4.90 Å². The molecule has 1 atom stereocenters. The summed E-state index contributed by atoms with van der Waals surface area (Å²) in [6, 6.07) is 11.6. The number of esters is 1. The first kappa shape index (κ1) is 16.3. The molecule has 0 saturated heterocycles. The zero-order valence-corrected chi connectivity index (χ0v) is 12.7. The molecule has 3 rings (SSSR count). The Morgan fingerprint density at radius 3 is 2.38 bits per heavy atom. The first-order chi connectivity index (χ1) is 11.4. The van der Waals surface area contributed by atoms with Gasteiger partial charge < -0.3 is 14.4 Å². The number of hydrogen-bond acceptors (Lipinski definition) is 4. The number of cyclic esters (lactones) is 1. The normalized spacial score (nSPS) is 17.4. The molecule has 2 aromatic carbocycles. The van der Waals surface area contributed by atoms with Crippen molar-refractivity contribution in [2.24, 2.45) is 0 Å². The maximum atomic E-state index is 13.4. The Hall–Kier alpha value is -2.54. The Labute approximate surface area is 136 Å². The average Bonchev–Trinajstić information content (AvgIpc) is 2.55. The zero-order valence-electron chi connectivity index (χ0n) is 12.7. The summed E-state index contributed by atoms with van der Waals surface area (Å²) in [6.07, 6.45) is -5.52. The number of carbonyl (C=O) groups is 1. The van der Waals surface area contributed by atoms with Crippen molar-refractivity contribution in [1.29, 1.82) is 0 Å². The molecule has 126 valence electrons. The molecule has 2 aromatic rings. The van der Waals surface area contributed by atoms with Crippen molar-refractivity contribution in [3.05, 3.63) is 59.7 Å². The topological polar surface area (TPSA) is 38.8 Å². The molecule has 0 amide bonds. The lowest BCUT2D eigenvalue weighted by molar-refractivity contribution is -0.137. The number of halogens is 3. The molecule has 0 radical (unpaired) electrons. The van der Waals surface area contributed by atoms with E-state index >= 15 is 0 Å². The van der Waals surface area contributed by atoms with Crippen LogP contribution in [-0.4, -0.2) is 25.9 Å². The SMILES string of the molecule is COCC1OC(=O)c2ccccc2N1c1ccccc1C(F)(F)F. The summed E-state index contributed by atoms with van der Waals surface area (Å²) in [5, 5.41) is 0. The molecule has 0 fully saturated rings. The van der Waals surface area contributed by atoms with Crippen LogP contribution >= 0.6 is 0 Å². The predicted molar refractivity (Wildman–Crippen MR) is 81.1 cm³/mol. The van der Waals surface area contributed by atoms with Gasteiger partial charge in [0.1, 0.15) is 6.61 Å². The number of nitrogens with zero attached hydrogens (tertiary/aromatic N) is 1. The van der Waals surface area contributed by atoms with Crippen LogP contribution in [0.25, 0.3) is 0 Å². The number of hydrogen-bond donors (Lipinski definition) is 0. The van der Waals surface area contributed by atoms with Crippen LogP contribution in [0.5, 0.6) is 0 Å². The molecule has 0 spiro atoms. The lowest BCUT2D eigenvalue weighted by Crippen LogP contribution is -2.44. The second kappa shape index (κ2) is 6.16. The van der Waals surface area contributed by atoms with Gasteiger partial charge in [-0.2, -0.15) is 13.2 Å². The summed E-state index contributed by atoms with van der Waals surface area (Å²) in [4.78, 5) is 13.5. The van der Waals surface area contributed by atoms with Gasteiger partial charge >= 0.3 is 12.1 Å². The Bertz CT molecular complexity index is 761. The Kier molecular flexibility index (Phi) is 4.19. The average molecular weight is 337 g/mol. The first-order valence-electron chi connectivity index (χ1n) is 7.18. The molecule has 0 bridgehead atoms. The maximum absolute atomic E-state index is 13.4. The zero-order chi connectivity index (χ0) is 17.3. The molecule has 1 aliphatic rings. The third-order valence-electron chi connectivity index (χ3n) is 3.69. The molecule has 0 aromatic heterocycles. The third-order valence-corrected chi connectivity index (χ3v) is 3.69. The van der Waals surface area contributed by atoms with E-state index in [2.05, 4.69) is 0 Å². The van der Waals surface area contributed by atoms with Crippen LogP contribution in [0.1, 0.15) is 15.9 Å². The van der Waals surface area contributed by atoms with Gasteiger partial charge in [0.05, 0.1) is 22.5 Å². The van der Waals surface area contributed by atoms with E-state index in [1.807, 2.05) is 0 Å². The van der Waals surface area contributed by atoms with Crippen LogP contribution in [0.3, 0.4) is 0 Å². The number of rotatable bonds is 3. The second-order valence-electron chi connectivity index (χ2n) is 5.22. The fourth-order valence-electron chi connectivity index (χ4n) is 2.71. The van der Waals surface area contributed by atoms with Crippen molar-refractivity contribution in [3.63, 3.8) is 0 Å². The highest BCUT2D eigenvalue weighted by Crippen LogP contribution is 2.42. The van der Waals surface area contributed by atoms with E-state index in [0.717, 1.165) is 6.07 Å². The fourth-order valence-corrected chi connectivity index (χ4v) is 2.71. The molecular formula is C17H14F3NO3. The van der Waals surface area contributed by atoms with E-state index in [0.29, 0.717) is 5.69 Å². The molecule has 1 aliphatic heterocycles. The van der Waals surface area contributed by atoms with Gasteiger partial charge in [0.15, 0.2) is 0 Å². The summed E-state index contributed by atoms with van der Waals surface area (Å²) < 4.78 is 50.5. The molecule has 0 saturated carbocycles. The lowest BCUT2D eigenvalue weighted by atomic mass is 10.1. The highest BCUT2D eigenvalue weighted by atomic mass is 19.4. The minimum atomic E-state index is -4.54. The van der Waals surface area contributed by atoms with Crippen LogP contribution in [0.15, 0.2) is 48.5 Å². The quantitative estimate of drug-likeness (QED) is 0.794. The monoisotopic (exact) mass is 337 g/mol. The summed E-state index contributed by atoms with van der Waals surface area (Å²) in [5.74, 6) is -0.589. The Morgan fingerprint density at radius 1 is 1.08 bits per heavy atom. The molecular weight excluding hydrogens is 323 g/mol. The number of benzene rings is 2. The summed E-state index contributed by atoms with van der Waals surface area (Å²) in [5.41, 5.74) is -0.333. The number of anilines is 2. The Morgan fingerprint density at radius 2 is 1.71 bits per heavy atom. The van der Waals surface area contributed by atoms with Crippen LogP contribution in [0, 0.1) is 0 Å². The molecule has 0 N–H and O–H groups in total. The van der Waals surface area contributed by atoms with Gasteiger partial charge in [0.2, 0.25) is 6.23 Å². The molecule has 1 unspecified atom stereocenters. The summed E-state index contributed by atoms with van der Waals surface area (Å²) in [7, 11) is 1.39. The number of carbonyl (C=O) groups excluding carboxylic acids is 1. The van der Waals surface area contributed by atoms with Crippen molar-refractivity contribution in [1.82, 2.24) is 0 Å². The second-order valence-corrected chi connectivity index (χ2v) is 5.22. The smallest absolute Gasteiger partial charge is 0.418 e. The third kappa shape index (κ3) is 2.82. The molecule has 24 heavy (non-hydrogen) atoms.